The van der Waals surface area contributed by atoms with Gasteiger partial charge in [-0.15, -0.1) is 0 Å². The Morgan fingerprint density at radius 3 is 2.65 bits per heavy atom. The van der Waals surface area contributed by atoms with Crippen molar-refractivity contribution in [2.75, 3.05) is 13.1 Å². The number of carbonyl (C=O) groups is 2. The molecule has 0 saturated carbocycles. The average Bonchev–Trinajstić information content (AvgIpc) is 2.85. The molecule has 0 bridgehead atoms. The van der Waals surface area contributed by atoms with E-state index in [1.54, 1.807) is 30.2 Å². The molecule has 1 atom stereocenters. The lowest BCUT2D eigenvalue weighted by molar-refractivity contribution is -0.150. The number of likely N-dealkylation sites (tertiary alicyclic amines) is 1. The lowest BCUT2D eigenvalue weighted by Gasteiger charge is -2.28. The summed E-state index contributed by atoms with van der Waals surface area (Å²) in [4.78, 5) is 29.8. The first-order valence-electron chi connectivity index (χ1n) is 6.83. The van der Waals surface area contributed by atoms with E-state index in [1.807, 2.05) is 13.8 Å². The number of rotatable bonds is 3. The number of hydrogen-bond donors (Lipinski definition) is 1. The predicted octanol–water partition coefficient (Wildman–Crippen LogP) is 1.96. The Balaban J connectivity index is 2.23. The monoisotopic (exact) mass is 276 g/mol. The fourth-order valence-corrected chi connectivity index (χ4v) is 2.78. The van der Waals surface area contributed by atoms with Crippen molar-refractivity contribution in [3.63, 3.8) is 0 Å². The minimum atomic E-state index is -0.828. The molecule has 1 N–H and O–H groups in total. The Labute approximate surface area is 118 Å². The number of nitrogens with zero attached hydrogens (tertiary/aromatic N) is 2. The summed E-state index contributed by atoms with van der Waals surface area (Å²) in [6.07, 6.45) is 2.15. The van der Waals surface area contributed by atoms with Crippen molar-refractivity contribution in [1.29, 1.82) is 0 Å². The van der Waals surface area contributed by atoms with Gasteiger partial charge in [-0.2, -0.15) is 0 Å². The van der Waals surface area contributed by atoms with Crippen LogP contribution in [0.5, 0.6) is 0 Å². The molecule has 1 aliphatic rings. The van der Waals surface area contributed by atoms with Gasteiger partial charge in [-0.1, -0.05) is 13.8 Å². The standard InChI is InChI=1S/C15H20N2O3/c1-10(2)15(14(19)20)6-8-17(9-15)13(18)12-5-4-7-16-11(12)3/h4-5,7,10H,6,8-9H2,1-3H3,(H,19,20). The van der Waals surface area contributed by atoms with Crippen LogP contribution in [0.2, 0.25) is 0 Å². The lowest BCUT2D eigenvalue weighted by Crippen LogP contribution is -2.40. The largest absolute Gasteiger partial charge is 0.481 e. The van der Waals surface area contributed by atoms with Crippen molar-refractivity contribution in [3.8, 4) is 0 Å². The Bertz CT molecular complexity index is 542. The normalized spacial score (nSPS) is 22.3. The summed E-state index contributed by atoms with van der Waals surface area (Å²) in [5, 5.41) is 9.51. The van der Waals surface area contributed by atoms with E-state index in [1.165, 1.54) is 0 Å². The van der Waals surface area contributed by atoms with Gasteiger partial charge >= 0.3 is 5.97 Å². The van der Waals surface area contributed by atoms with Gasteiger partial charge in [0.2, 0.25) is 0 Å². The summed E-state index contributed by atoms with van der Waals surface area (Å²) < 4.78 is 0. The first kappa shape index (κ1) is 14.5. The number of aliphatic carboxylic acids is 1. The number of aromatic nitrogens is 1. The maximum atomic E-state index is 12.5. The second-order valence-corrected chi connectivity index (χ2v) is 5.73. The molecule has 0 aromatic carbocycles. The number of hydrogen-bond acceptors (Lipinski definition) is 3. The Hall–Kier alpha value is -1.91. The number of aryl methyl sites for hydroxylation is 1. The van der Waals surface area contributed by atoms with Crippen molar-refractivity contribution in [1.82, 2.24) is 9.88 Å². The maximum Gasteiger partial charge on any atom is 0.311 e. The van der Waals surface area contributed by atoms with Crippen LogP contribution < -0.4 is 0 Å². The van der Waals surface area contributed by atoms with E-state index in [4.69, 9.17) is 0 Å². The zero-order valence-electron chi connectivity index (χ0n) is 12.1. The van der Waals surface area contributed by atoms with Crippen LogP contribution in [-0.2, 0) is 4.79 Å². The highest BCUT2D eigenvalue weighted by Crippen LogP contribution is 2.38. The first-order chi connectivity index (χ1) is 9.38. The van der Waals surface area contributed by atoms with Gasteiger partial charge in [-0.3, -0.25) is 14.6 Å². The molecule has 1 amide bonds. The highest BCUT2D eigenvalue weighted by atomic mass is 16.4. The van der Waals surface area contributed by atoms with Crippen LogP contribution in [0.3, 0.4) is 0 Å². The summed E-state index contributed by atoms with van der Waals surface area (Å²) in [7, 11) is 0. The molecule has 20 heavy (non-hydrogen) atoms. The van der Waals surface area contributed by atoms with Crippen molar-refractivity contribution < 1.29 is 14.7 Å². The van der Waals surface area contributed by atoms with Crippen molar-refractivity contribution in [3.05, 3.63) is 29.6 Å². The van der Waals surface area contributed by atoms with Gasteiger partial charge in [0.1, 0.15) is 0 Å². The minimum Gasteiger partial charge on any atom is -0.481 e. The fraction of sp³-hybridized carbons (Fsp3) is 0.533. The van der Waals surface area contributed by atoms with E-state index in [0.717, 1.165) is 0 Å². The summed E-state index contributed by atoms with van der Waals surface area (Å²) in [5.74, 6) is -0.946. The molecule has 5 heteroatoms. The SMILES string of the molecule is Cc1ncccc1C(=O)N1CCC(C(=O)O)(C(C)C)C1. The van der Waals surface area contributed by atoms with Crippen molar-refractivity contribution in [2.45, 2.75) is 27.2 Å². The molecule has 2 heterocycles. The van der Waals surface area contributed by atoms with Gasteiger partial charge in [-0.25, -0.2) is 0 Å². The van der Waals surface area contributed by atoms with Gasteiger partial charge < -0.3 is 10.0 Å². The van der Waals surface area contributed by atoms with Gasteiger partial charge in [0.25, 0.3) is 5.91 Å². The summed E-state index contributed by atoms with van der Waals surface area (Å²) in [6, 6.07) is 3.46. The lowest BCUT2D eigenvalue weighted by atomic mass is 9.76. The molecular weight excluding hydrogens is 256 g/mol. The average molecular weight is 276 g/mol. The van der Waals surface area contributed by atoms with Crippen LogP contribution in [0.1, 0.15) is 36.3 Å². The first-order valence-corrected chi connectivity index (χ1v) is 6.83. The Kier molecular flexibility index (Phi) is 3.79. The quantitative estimate of drug-likeness (QED) is 0.916. The topological polar surface area (TPSA) is 70.5 Å². The number of carboxylic acid groups (broad SMARTS) is 1. The van der Waals surface area contributed by atoms with Crippen molar-refractivity contribution >= 4 is 11.9 Å². The van der Waals surface area contributed by atoms with Gasteiger partial charge in [0, 0.05) is 25.0 Å². The van der Waals surface area contributed by atoms with Gasteiger partial charge in [0.15, 0.2) is 0 Å². The van der Waals surface area contributed by atoms with Crippen LogP contribution >= 0.6 is 0 Å². The highest BCUT2D eigenvalue weighted by Gasteiger charge is 2.48. The molecule has 2 rings (SSSR count). The molecule has 1 aliphatic heterocycles. The third kappa shape index (κ3) is 2.28. The van der Waals surface area contributed by atoms with Gasteiger partial charge in [0.05, 0.1) is 11.0 Å². The van der Waals surface area contributed by atoms with Crippen LogP contribution in [0, 0.1) is 18.3 Å². The molecule has 1 aromatic rings. The number of carboxylic acids is 1. The maximum absolute atomic E-state index is 12.5. The second kappa shape index (κ2) is 5.23. The zero-order chi connectivity index (χ0) is 14.9. The summed E-state index contributed by atoms with van der Waals surface area (Å²) in [5.41, 5.74) is 0.401. The zero-order valence-corrected chi connectivity index (χ0v) is 12.1. The molecule has 1 saturated heterocycles. The van der Waals surface area contributed by atoms with E-state index < -0.39 is 11.4 Å². The van der Waals surface area contributed by atoms with Crippen LogP contribution in [0.25, 0.3) is 0 Å². The van der Waals surface area contributed by atoms with Crippen LogP contribution in [0.4, 0.5) is 0 Å². The summed E-state index contributed by atoms with van der Waals surface area (Å²) in [6.45, 7) is 6.34. The number of amides is 1. The molecule has 0 radical (unpaired) electrons. The van der Waals surface area contributed by atoms with E-state index in [-0.39, 0.29) is 18.4 Å². The Morgan fingerprint density at radius 2 is 2.15 bits per heavy atom. The van der Waals surface area contributed by atoms with Gasteiger partial charge in [-0.05, 0) is 31.4 Å². The molecule has 0 aliphatic carbocycles. The minimum absolute atomic E-state index is 0.00667. The molecule has 5 nitrogen and oxygen atoms in total. The molecule has 1 unspecified atom stereocenters. The fourth-order valence-electron chi connectivity index (χ4n) is 2.78. The third-order valence-corrected chi connectivity index (χ3v) is 4.36. The van der Waals surface area contributed by atoms with E-state index >= 15 is 0 Å². The van der Waals surface area contributed by atoms with E-state index in [9.17, 15) is 14.7 Å². The third-order valence-electron chi connectivity index (χ3n) is 4.36. The molecule has 108 valence electrons. The highest BCUT2D eigenvalue weighted by molar-refractivity contribution is 5.96. The molecular formula is C15H20N2O3. The summed E-state index contributed by atoms with van der Waals surface area (Å²) >= 11 is 0. The molecule has 1 fully saturated rings. The van der Waals surface area contributed by atoms with E-state index in [0.29, 0.717) is 24.2 Å². The van der Waals surface area contributed by atoms with Crippen molar-refractivity contribution in [2.24, 2.45) is 11.3 Å². The second-order valence-electron chi connectivity index (χ2n) is 5.73. The predicted molar refractivity (Wildman–Crippen MR) is 74.4 cm³/mol. The molecule has 1 aromatic heterocycles. The number of pyridine rings is 1. The molecule has 0 spiro atoms. The Morgan fingerprint density at radius 1 is 1.45 bits per heavy atom. The van der Waals surface area contributed by atoms with Crippen LogP contribution in [-0.4, -0.2) is 40.0 Å². The van der Waals surface area contributed by atoms with E-state index in [2.05, 4.69) is 4.98 Å². The number of carbonyl (C=O) groups excluding carboxylic acids is 1. The van der Waals surface area contributed by atoms with Crippen LogP contribution in [0.15, 0.2) is 18.3 Å². The smallest absolute Gasteiger partial charge is 0.311 e.